The van der Waals surface area contributed by atoms with E-state index in [0.717, 1.165) is 46.9 Å². The monoisotopic (exact) mass is 360 g/mol. The van der Waals surface area contributed by atoms with E-state index in [-0.39, 0.29) is 5.91 Å². The maximum atomic E-state index is 12.9. The lowest BCUT2D eigenvalue weighted by Gasteiger charge is -2.35. The maximum absolute atomic E-state index is 12.9. The Morgan fingerprint density at radius 3 is 2.44 bits per heavy atom. The maximum Gasteiger partial charge on any atom is 0.254 e. The van der Waals surface area contributed by atoms with Crippen molar-refractivity contribution in [2.75, 3.05) is 31.1 Å². The van der Waals surface area contributed by atoms with Crippen LogP contribution in [0.1, 0.15) is 21.5 Å². The molecule has 2 aromatic carbocycles. The number of hydrogen-bond donors (Lipinski definition) is 1. The van der Waals surface area contributed by atoms with E-state index in [1.54, 1.807) is 0 Å². The standard InChI is InChI=1S/C22H24N4O/c1-16-8-9-17(2)19(14-16)22(27)26-12-10-25(11-13-26)21-15-20(23-24-21)18-6-4-3-5-7-18/h3-9,14-15H,10-13H2,1-2H3,(H,23,24). The van der Waals surface area contributed by atoms with Crippen LogP contribution in [0.25, 0.3) is 11.3 Å². The summed E-state index contributed by atoms with van der Waals surface area (Å²) in [5.74, 6) is 1.07. The molecule has 0 bridgehead atoms. The van der Waals surface area contributed by atoms with Crippen LogP contribution in [0, 0.1) is 13.8 Å². The Labute approximate surface area is 159 Å². The molecule has 27 heavy (non-hydrogen) atoms. The first-order valence-corrected chi connectivity index (χ1v) is 9.34. The average molecular weight is 360 g/mol. The Kier molecular flexibility index (Phi) is 4.67. The normalized spacial score (nSPS) is 14.4. The SMILES string of the molecule is Cc1ccc(C)c(C(=O)N2CCN(c3cc(-c4ccccc4)[nH]n3)CC2)c1. The second-order valence-corrected chi connectivity index (χ2v) is 7.10. The van der Waals surface area contributed by atoms with Crippen LogP contribution in [0.4, 0.5) is 5.82 Å². The van der Waals surface area contributed by atoms with Gasteiger partial charge in [-0.3, -0.25) is 9.89 Å². The third kappa shape index (κ3) is 3.58. The zero-order chi connectivity index (χ0) is 18.8. The number of nitrogens with one attached hydrogen (secondary N) is 1. The molecule has 4 rings (SSSR count). The summed E-state index contributed by atoms with van der Waals surface area (Å²) in [6, 6.07) is 18.3. The second kappa shape index (κ2) is 7.27. The number of hydrogen-bond acceptors (Lipinski definition) is 3. The molecule has 1 N–H and O–H groups in total. The van der Waals surface area contributed by atoms with Gasteiger partial charge in [-0.1, -0.05) is 48.0 Å². The fourth-order valence-corrected chi connectivity index (χ4v) is 3.51. The molecule has 2 heterocycles. The van der Waals surface area contributed by atoms with Gasteiger partial charge in [0.2, 0.25) is 0 Å². The number of benzene rings is 2. The molecule has 0 aliphatic carbocycles. The molecule has 138 valence electrons. The van der Waals surface area contributed by atoms with Crippen molar-refractivity contribution in [3.8, 4) is 11.3 Å². The van der Waals surface area contributed by atoms with Crippen molar-refractivity contribution >= 4 is 11.7 Å². The van der Waals surface area contributed by atoms with E-state index < -0.39 is 0 Å². The third-order valence-electron chi connectivity index (χ3n) is 5.16. The van der Waals surface area contributed by atoms with E-state index >= 15 is 0 Å². The molecule has 1 amide bonds. The fraction of sp³-hybridized carbons (Fsp3) is 0.273. The summed E-state index contributed by atoms with van der Waals surface area (Å²) in [4.78, 5) is 17.1. The molecule has 0 spiro atoms. The van der Waals surface area contributed by atoms with Crippen molar-refractivity contribution in [3.05, 3.63) is 71.3 Å². The molecular formula is C22H24N4O. The van der Waals surface area contributed by atoms with Gasteiger partial charge in [-0.15, -0.1) is 0 Å². The molecule has 5 heteroatoms. The largest absolute Gasteiger partial charge is 0.352 e. The minimum absolute atomic E-state index is 0.128. The molecule has 0 unspecified atom stereocenters. The predicted molar refractivity (Wildman–Crippen MR) is 108 cm³/mol. The average Bonchev–Trinajstić information content (AvgIpc) is 3.20. The summed E-state index contributed by atoms with van der Waals surface area (Å²) >= 11 is 0. The Balaban J connectivity index is 1.43. The molecule has 3 aromatic rings. The second-order valence-electron chi connectivity index (χ2n) is 7.10. The zero-order valence-corrected chi connectivity index (χ0v) is 15.8. The number of carbonyl (C=O) groups is 1. The lowest BCUT2D eigenvalue weighted by atomic mass is 10.0. The summed E-state index contributed by atoms with van der Waals surface area (Å²) in [5, 5.41) is 7.59. The van der Waals surface area contributed by atoms with Crippen LogP contribution in [0.5, 0.6) is 0 Å². The summed E-state index contributed by atoms with van der Waals surface area (Å²) < 4.78 is 0. The van der Waals surface area contributed by atoms with Crippen LogP contribution in [-0.4, -0.2) is 47.2 Å². The van der Waals surface area contributed by atoms with E-state index in [2.05, 4.69) is 33.3 Å². The Bertz CT molecular complexity index is 940. The molecule has 1 aromatic heterocycles. The third-order valence-corrected chi connectivity index (χ3v) is 5.16. The minimum Gasteiger partial charge on any atom is -0.352 e. The molecule has 1 fully saturated rings. The smallest absolute Gasteiger partial charge is 0.254 e. The summed E-state index contributed by atoms with van der Waals surface area (Å²) in [7, 11) is 0. The van der Waals surface area contributed by atoms with E-state index in [0.29, 0.717) is 13.1 Å². The Hall–Kier alpha value is -3.08. The number of anilines is 1. The van der Waals surface area contributed by atoms with Gasteiger partial charge in [0.05, 0.1) is 5.69 Å². The van der Waals surface area contributed by atoms with Crippen LogP contribution >= 0.6 is 0 Å². The molecular weight excluding hydrogens is 336 g/mol. The van der Waals surface area contributed by atoms with Crippen molar-refractivity contribution in [1.29, 1.82) is 0 Å². The molecule has 0 saturated carbocycles. The van der Waals surface area contributed by atoms with Gasteiger partial charge in [-0.05, 0) is 31.0 Å². The van der Waals surface area contributed by atoms with Crippen LogP contribution in [-0.2, 0) is 0 Å². The number of H-pyrrole nitrogens is 1. The molecule has 5 nitrogen and oxygen atoms in total. The summed E-state index contributed by atoms with van der Waals surface area (Å²) in [5.41, 5.74) is 5.11. The van der Waals surface area contributed by atoms with Gasteiger partial charge in [0.1, 0.15) is 0 Å². The van der Waals surface area contributed by atoms with Gasteiger partial charge in [-0.25, -0.2) is 0 Å². The summed E-state index contributed by atoms with van der Waals surface area (Å²) in [6.45, 7) is 7.01. The molecule has 1 aliphatic rings. The minimum atomic E-state index is 0.128. The van der Waals surface area contributed by atoms with Gasteiger partial charge in [0.15, 0.2) is 5.82 Å². The zero-order valence-electron chi connectivity index (χ0n) is 15.8. The van der Waals surface area contributed by atoms with Crippen LogP contribution in [0.3, 0.4) is 0 Å². The Morgan fingerprint density at radius 1 is 0.963 bits per heavy atom. The Morgan fingerprint density at radius 2 is 1.70 bits per heavy atom. The van der Waals surface area contributed by atoms with Crippen molar-refractivity contribution in [2.45, 2.75) is 13.8 Å². The van der Waals surface area contributed by atoms with Gasteiger partial charge in [0.25, 0.3) is 5.91 Å². The molecule has 1 saturated heterocycles. The van der Waals surface area contributed by atoms with Gasteiger partial charge in [-0.2, -0.15) is 5.10 Å². The highest BCUT2D eigenvalue weighted by molar-refractivity contribution is 5.96. The lowest BCUT2D eigenvalue weighted by molar-refractivity contribution is 0.0745. The molecule has 0 atom stereocenters. The molecule has 1 aliphatic heterocycles. The first-order valence-electron chi connectivity index (χ1n) is 9.34. The number of nitrogens with zero attached hydrogens (tertiary/aromatic N) is 3. The fourth-order valence-electron chi connectivity index (χ4n) is 3.51. The van der Waals surface area contributed by atoms with Crippen molar-refractivity contribution in [2.24, 2.45) is 0 Å². The number of carbonyl (C=O) groups excluding carboxylic acids is 1. The first kappa shape index (κ1) is 17.3. The quantitative estimate of drug-likeness (QED) is 0.776. The van der Waals surface area contributed by atoms with Crippen LogP contribution in [0.15, 0.2) is 54.6 Å². The highest BCUT2D eigenvalue weighted by atomic mass is 16.2. The van der Waals surface area contributed by atoms with Crippen LogP contribution < -0.4 is 4.90 Å². The topological polar surface area (TPSA) is 52.2 Å². The first-order chi connectivity index (χ1) is 13.1. The number of amides is 1. The van der Waals surface area contributed by atoms with Crippen molar-refractivity contribution in [3.63, 3.8) is 0 Å². The number of piperazine rings is 1. The highest BCUT2D eigenvalue weighted by Gasteiger charge is 2.24. The highest BCUT2D eigenvalue weighted by Crippen LogP contribution is 2.23. The van der Waals surface area contributed by atoms with E-state index in [9.17, 15) is 4.79 Å². The van der Waals surface area contributed by atoms with Gasteiger partial charge < -0.3 is 9.80 Å². The number of aryl methyl sites for hydroxylation is 2. The predicted octanol–water partition coefficient (Wildman–Crippen LogP) is 3.66. The number of aromatic amines is 1. The van der Waals surface area contributed by atoms with E-state index in [1.165, 1.54) is 0 Å². The number of aromatic nitrogens is 2. The van der Waals surface area contributed by atoms with E-state index in [1.807, 2.05) is 55.1 Å². The van der Waals surface area contributed by atoms with Crippen LogP contribution in [0.2, 0.25) is 0 Å². The van der Waals surface area contributed by atoms with Crippen molar-refractivity contribution in [1.82, 2.24) is 15.1 Å². The summed E-state index contributed by atoms with van der Waals surface area (Å²) in [6.07, 6.45) is 0. The van der Waals surface area contributed by atoms with Gasteiger partial charge >= 0.3 is 0 Å². The van der Waals surface area contributed by atoms with E-state index in [4.69, 9.17) is 0 Å². The molecule has 0 radical (unpaired) electrons. The lowest BCUT2D eigenvalue weighted by Crippen LogP contribution is -2.49. The number of rotatable bonds is 3. The van der Waals surface area contributed by atoms with Crippen molar-refractivity contribution < 1.29 is 4.79 Å². The van der Waals surface area contributed by atoms with Gasteiger partial charge in [0, 0.05) is 37.8 Å².